The summed E-state index contributed by atoms with van der Waals surface area (Å²) in [5, 5.41) is 6.89. The molecule has 0 saturated heterocycles. The minimum Gasteiger partial charge on any atom is -0.496 e. The average molecular weight is 287 g/mol. The molecule has 0 aromatic heterocycles. The Balaban J connectivity index is 2.17. The Morgan fingerprint density at radius 2 is 2.10 bits per heavy atom. The third-order valence-electron chi connectivity index (χ3n) is 2.72. The van der Waals surface area contributed by atoms with Crippen molar-refractivity contribution < 1.29 is 22.7 Å². The summed E-state index contributed by atoms with van der Waals surface area (Å²) >= 11 is 0. The second kappa shape index (κ2) is 5.48. The van der Waals surface area contributed by atoms with E-state index in [0.29, 0.717) is 0 Å². The van der Waals surface area contributed by atoms with Crippen molar-refractivity contribution in [3.05, 3.63) is 29.3 Å². The Morgan fingerprint density at radius 3 is 2.65 bits per heavy atom. The van der Waals surface area contributed by atoms with Crippen molar-refractivity contribution in [1.82, 2.24) is 5.43 Å². The van der Waals surface area contributed by atoms with Crippen LogP contribution in [-0.2, 0) is 6.18 Å². The molecule has 0 spiro atoms. The Kier molecular flexibility index (Phi) is 3.91. The van der Waals surface area contributed by atoms with Crippen molar-refractivity contribution in [2.75, 3.05) is 7.11 Å². The molecule has 0 atom stereocenters. The van der Waals surface area contributed by atoms with Crippen LogP contribution in [0.15, 0.2) is 28.5 Å². The first-order valence-corrected chi connectivity index (χ1v) is 5.87. The molecule has 1 N–H and O–H groups in total. The van der Waals surface area contributed by atoms with Crippen LogP contribution in [-0.4, -0.2) is 19.1 Å². The summed E-state index contributed by atoms with van der Waals surface area (Å²) in [6.07, 6.45) is -2.56. The number of benzene rings is 1. The monoisotopic (exact) mass is 287 g/mol. The smallest absolute Gasteiger partial charge is 0.416 e. The van der Waals surface area contributed by atoms with E-state index in [1.807, 2.05) is 0 Å². The van der Waals surface area contributed by atoms with Gasteiger partial charge in [0.1, 0.15) is 5.75 Å². The number of nitrogens with one attached hydrogen (secondary N) is 1. The average Bonchev–Trinajstić information content (AvgIpc) is 3.21. The number of hydrogen-bond donors (Lipinski definition) is 1. The first kappa shape index (κ1) is 14.3. The summed E-state index contributed by atoms with van der Waals surface area (Å²) in [6, 6.07) is 2.83. The van der Waals surface area contributed by atoms with E-state index in [0.717, 1.165) is 31.0 Å². The Labute approximate surface area is 112 Å². The summed E-state index contributed by atoms with van der Waals surface area (Å²) in [4.78, 5) is 11.7. The van der Waals surface area contributed by atoms with E-state index in [9.17, 15) is 18.0 Å². The van der Waals surface area contributed by atoms with Gasteiger partial charge >= 0.3 is 12.1 Å². The number of rotatable bonds is 4. The molecule has 0 bridgehead atoms. The zero-order valence-electron chi connectivity index (χ0n) is 10.6. The first-order chi connectivity index (χ1) is 9.41. The molecule has 8 heteroatoms. The van der Waals surface area contributed by atoms with Crippen molar-refractivity contribution in [3.8, 4) is 5.75 Å². The van der Waals surface area contributed by atoms with Crippen LogP contribution in [0.1, 0.15) is 28.8 Å². The molecule has 0 unspecified atom stereocenters. The molecule has 2 rings (SSSR count). The lowest BCUT2D eigenvalue weighted by atomic mass is 10.1. The molecule has 1 aliphatic carbocycles. The van der Waals surface area contributed by atoms with Gasteiger partial charge in [0.25, 0.3) is 0 Å². The third-order valence-corrected chi connectivity index (χ3v) is 2.72. The van der Waals surface area contributed by atoms with Gasteiger partial charge in [-0.2, -0.15) is 13.2 Å². The van der Waals surface area contributed by atoms with Gasteiger partial charge in [0.2, 0.25) is 0 Å². The van der Waals surface area contributed by atoms with Crippen LogP contribution in [0, 0.1) is 0 Å². The molecule has 0 radical (unpaired) electrons. The van der Waals surface area contributed by atoms with E-state index in [-0.39, 0.29) is 17.4 Å². The van der Waals surface area contributed by atoms with Crippen molar-refractivity contribution in [2.24, 2.45) is 10.3 Å². The van der Waals surface area contributed by atoms with Gasteiger partial charge in [-0.25, -0.2) is 0 Å². The largest absolute Gasteiger partial charge is 0.496 e. The maximum atomic E-state index is 12.5. The van der Waals surface area contributed by atoms with Gasteiger partial charge in [-0.05, 0) is 31.0 Å². The van der Waals surface area contributed by atoms with Crippen LogP contribution in [0.2, 0.25) is 0 Å². The first-order valence-electron chi connectivity index (χ1n) is 5.87. The standard InChI is InChI=1S/C12H12F3N3O2/c1-20-10-6-7(12(13,14)15)2-5-9(10)11(19)17-18-16-8-3-4-8/h2,5-6,8H,3-4H2,1H3,(H,16,17,19). The van der Waals surface area contributed by atoms with E-state index in [1.54, 1.807) is 0 Å². The molecule has 5 nitrogen and oxygen atoms in total. The molecule has 1 saturated carbocycles. The molecule has 20 heavy (non-hydrogen) atoms. The highest BCUT2D eigenvalue weighted by atomic mass is 19.4. The molecule has 1 aliphatic rings. The number of carbonyl (C=O) groups excluding carboxylic acids is 1. The molecular formula is C12H12F3N3O2. The fourth-order valence-electron chi connectivity index (χ4n) is 1.47. The van der Waals surface area contributed by atoms with Crippen molar-refractivity contribution in [3.63, 3.8) is 0 Å². The number of ether oxygens (including phenoxy) is 1. The molecular weight excluding hydrogens is 275 g/mol. The maximum absolute atomic E-state index is 12.5. The number of amides is 1. The minimum atomic E-state index is -4.50. The Hall–Kier alpha value is -2.12. The molecule has 108 valence electrons. The molecule has 0 aliphatic heterocycles. The van der Waals surface area contributed by atoms with Crippen LogP contribution in [0.25, 0.3) is 0 Å². The Morgan fingerprint density at radius 1 is 1.40 bits per heavy atom. The minimum absolute atomic E-state index is 0.0677. The predicted octanol–water partition coefficient (Wildman–Crippen LogP) is 2.97. The number of nitrogens with zero attached hydrogens (tertiary/aromatic N) is 2. The number of hydrogen-bond acceptors (Lipinski definition) is 3. The zero-order chi connectivity index (χ0) is 14.8. The summed E-state index contributed by atoms with van der Waals surface area (Å²) < 4.78 is 42.4. The fourth-order valence-corrected chi connectivity index (χ4v) is 1.47. The van der Waals surface area contributed by atoms with Crippen molar-refractivity contribution >= 4 is 5.91 Å². The van der Waals surface area contributed by atoms with Gasteiger partial charge < -0.3 is 4.74 Å². The van der Waals surface area contributed by atoms with Gasteiger partial charge in [0.15, 0.2) is 0 Å². The number of halogens is 3. The second-order valence-corrected chi connectivity index (χ2v) is 4.32. The summed E-state index contributed by atoms with van der Waals surface area (Å²) in [5.74, 6) is -0.945. The van der Waals surface area contributed by atoms with E-state index >= 15 is 0 Å². The SMILES string of the molecule is COc1cc(C(F)(F)F)ccc1C(=O)N=NNC1CC1. The lowest BCUT2D eigenvalue weighted by Crippen LogP contribution is -2.09. The van der Waals surface area contributed by atoms with E-state index < -0.39 is 17.6 Å². The third kappa shape index (κ3) is 3.46. The van der Waals surface area contributed by atoms with Crippen LogP contribution >= 0.6 is 0 Å². The van der Waals surface area contributed by atoms with Gasteiger partial charge in [-0.1, -0.05) is 10.3 Å². The number of alkyl halides is 3. The summed E-state index contributed by atoms with van der Waals surface area (Å²) in [6.45, 7) is 0. The lowest BCUT2D eigenvalue weighted by molar-refractivity contribution is -0.137. The van der Waals surface area contributed by atoms with Crippen molar-refractivity contribution in [1.29, 1.82) is 0 Å². The number of carbonyl (C=O) groups is 1. The second-order valence-electron chi connectivity index (χ2n) is 4.32. The molecule has 1 aromatic carbocycles. The highest BCUT2D eigenvalue weighted by molar-refractivity contribution is 5.97. The highest BCUT2D eigenvalue weighted by Crippen LogP contribution is 2.33. The van der Waals surface area contributed by atoms with Gasteiger partial charge in [-0.15, -0.1) is 0 Å². The van der Waals surface area contributed by atoms with E-state index in [4.69, 9.17) is 4.74 Å². The molecule has 1 amide bonds. The van der Waals surface area contributed by atoms with Crippen LogP contribution in [0.3, 0.4) is 0 Å². The van der Waals surface area contributed by atoms with Crippen molar-refractivity contribution in [2.45, 2.75) is 25.1 Å². The lowest BCUT2D eigenvalue weighted by Gasteiger charge is -2.10. The van der Waals surface area contributed by atoms with Gasteiger partial charge in [0, 0.05) is 6.04 Å². The van der Waals surface area contributed by atoms with Crippen LogP contribution in [0.5, 0.6) is 5.75 Å². The van der Waals surface area contributed by atoms with E-state index in [2.05, 4.69) is 15.8 Å². The number of methoxy groups -OCH3 is 1. The molecule has 1 fully saturated rings. The quantitative estimate of drug-likeness (QED) is 0.684. The van der Waals surface area contributed by atoms with Crippen LogP contribution in [0.4, 0.5) is 13.2 Å². The summed E-state index contributed by atoms with van der Waals surface area (Å²) in [5.41, 5.74) is 1.69. The van der Waals surface area contributed by atoms with Crippen LogP contribution < -0.4 is 10.2 Å². The normalized spacial score (nSPS) is 15.4. The van der Waals surface area contributed by atoms with Gasteiger partial charge in [-0.3, -0.25) is 10.2 Å². The Bertz CT molecular complexity index is 539. The molecule has 0 heterocycles. The highest BCUT2D eigenvalue weighted by Gasteiger charge is 2.31. The molecule has 1 aromatic rings. The summed E-state index contributed by atoms with van der Waals surface area (Å²) in [7, 11) is 1.19. The zero-order valence-corrected chi connectivity index (χ0v) is 10.6. The maximum Gasteiger partial charge on any atom is 0.416 e. The fraction of sp³-hybridized carbons (Fsp3) is 0.417. The van der Waals surface area contributed by atoms with Gasteiger partial charge in [0.05, 0.1) is 18.2 Å². The van der Waals surface area contributed by atoms with E-state index in [1.165, 1.54) is 7.11 Å². The topological polar surface area (TPSA) is 63.0 Å². The predicted molar refractivity (Wildman–Crippen MR) is 63.3 cm³/mol.